The molecule has 1 aromatic rings. The van der Waals surface area contributed by atoms with Crippen molar-refractivity contribution >= 4 is 21.6 Å². The number of likely N-dealkylation sites (N-methyl/N-ethyl adjacent to an activating group) is 1. The number of hydrogen-bond donors (Lipinski definition) is 1. The van der Waals surface area contributed by atoms with Crippen LogP contribution in [0.15, 0.2) is 22.7 Å². The van der Waals surface area contributed by atoms with Crippen molar-refractivity contribution in [3.8, 4) is 0 Å². The molecule has 2 N–H and O–H groups in total. The average Bonchev–Trinajstić information content (AvgIpc) is 2.90. The lowest BCUT2D eigenvalue weighted by molar-refractivity contribution is 0.115. The largest absolute Gasteiger partial charge is 0.376 e. The second kappa shape index (κ2) is 7.27. The third-order valence-electron chi connectivity index (χ3n) is 3.63. The Labute approximate surface area is 124 Å². The van der Waals surface area contributed by atoms with Gasteiger partial charge in [-0.2, -0.15) is 0 Å². The highest BCUT2D eigenvalue weighted by Gasteiger charge is 2.20. The molecule has 0 saturated carbocycles. The molecule has 0 aromatic heterocycles. The predicted octanol–water partition coefficient (Wildman–Crippen LogP) is 2.96. The summed E-state index contributed by atoms with van der Waals surface area (Å²) in [6.45, 7) is 5.77. The highest BCUT2D eigenvalue weighted by molar-refractivity contribution is 9.10. The molecule has 0 radical (unpaired) electrons. The van der Waals surface area contributed by atoms with E-state index in [2.05, 4.69) is 46.0 Å². The minimum Gasteiger partial charge on any atom is -0.376 e. The van der Waals surface area contributed by atoms with E-state index in [-0.39, 0.29) is 0 Å². The number of hydrogen-bond acceptors (Lipinski definition) is 3. The Morgan fingerprint density at radius 2 is 2.32 bits per heavy atom. The van der Waals surface area contributed by atoms with E-state index >= 15 is 0 Å². The van der Waals surface area contributed by atoms with Crippen LogP contribution >= 0.6 is 15.9 Å². The van der Waals surface area contributed by atoms with Crippen molar-refractivity contribution in [2.24, 2.45) is 5.73 Å². The molecule has 0 spiro atoms. The van der Waals surface area contributed by atoms with Crippen LogP contribution in [0.2, 0.25) is 0 Å². The van der Waals surface area contributed by atoms with Crippen molar-refractivity contribution in [3.63, 3.8) is 0 Å². The first-order chi connectivity index (χ1) is 9.24. The van der Waals surface area contributed by atoms with Crippen LogP contribution in [0.1, 0.15) is 25.3 Å². The normalized spacial score (nSPS) is 18.8. The lowest BCUT2D eigenvalue weighted by Crippen LogP contribution is -2.32. The quantitative estimate of drug-likeness (QED) is 0.873. The van der Waals surface area contributed by atoms with Crippen LogP contribution in [0.3, 0.4) is 0 Å². The van der Waals surface area contributed by atoms with Crippen LogP contribution in [0.4, 0.5) is 5.69 Å². The highest BCUT2D eigenvalue weighted by atomic mass is 79.9. The first-order valence-electron chi connectivity index (χ1n) is 7.09. The van der Waals surface area contributed by atoms with E-state index in [1.54, 1.807) is 0 Å². The van der Waals surface area contributed by atoms with Crippen LogP contribution < -0.4 is 10.6 Å². The van der Waals surface area contributed by atoms with Gasteiger partial charge in [0, 0.05) is 29.9 Å². The molecule has 1 aromatic carbocycles. The van der Waals surface area contributed by atoms with Gasteiger partial charge in [-0.1, -0.05) is 15.9 Å². The zero-order chi connectivity index (χ0) is 13.7. The van der Waals surface area contributed by atoms with Gasteiger partial charge in [-0.3, -0.25) is 0 Å². The number of benzene rings is 1. The van der Waals surface area contributed by atoms with Crippen molar-refractivity contribution in [2.45, 2.75) is 32.3 Å². The summed E-state index contributed by atoms with van der Waals surface area (Å²) in [5.74, 6) is 0. The van der Waals surface area contributed by atoms with Gasteiger partial charge in [-0.15, -0.1) is 0 Å². The third kappa shape index (κ3) is 3.94. The molecule has 1 aliphatic heterocycles. The van der Waals surface area contributed by atoms with Crippen LogP contribution in [-0.2, 0) is 11.2 Å². The van der Waals surface area contributed by atoms with Gasteiger partial charge in [0.15, 0.2) is 0 Å². The van der Waals surface area contributed by atoms with Gasteiger partial charge in [0.25, 0.3) is 0 Å². The maximum absolute atomic E-state index is 5.75. The van der Waals surface area contributed by atoms with Gasteiger partial charge in [0.05, 0.1) is 6.10 Å². The average molecular weight is 327 g/mol. The second-order valence-electron chi connectivity index (χ2n) is 4.99. The number of halogens is 1. The summed E-state index contributed by atoms with van der Waals surface area (Å²) < 4.78 is 6.87. The fraction of sp³-hybridized carbons (Fsp3) is 0.600. The Morgan fingerprint density at radius 3 is 2.95 bits per heavy atom. The summed E-state index contributed by atoms with van der Waals surface area (Å²) >= 11 is 3.54. The first-order valence-corrected chi connectivity index (χ1v) is 7.89. The first kappa shape index (κ1) is 14.8. The van der Waals surface area contributed by atoms with Gasteiger partial charge in [-0.05, 0) is 56.5 Å². The number of nitrogens with zero attached hydrogens (tertiary/aromatic N) is 1. The van der Waals surface area contributed by atoms with Crippen LogP contribution in [0, 0.1) is 0 Å². The molecule has 0 bridgehead atoms. The van der Waals surface area contributed by atoms with Crippen LogP contribution in [0.5, 0.6) is 0 Å². The fourth-order valence-electron chi connectivity index (χ4n) is 2.65. The molecule has 1 unspecified atom stereocenters. The smallest absolute Gasteiger partial charge is 0.0750 e. The van der Waals surface area contributed by atoms with E-state index in [0.717, 1.165) is 30.6 Å². The van der Waals surface area contributed by atoms with Crippen molar-refractivity contribution in [2.75, 3.05) is 31.1 Å². The van der Waals surface area contributed by atoms with Crippen molar-refractivity contribution < 1.29 is 4.74 Å². The van der Waals surface area contributed by atoms with Gasteiger partial charge in [-0.25, -0.2) is 0 Å². The van der Waals surface area contributed by atoms with Gasteiger partial charge < -0.3 is 15.4 Å². The molecule has 0 aliphatic carbocycles. The van der Waals surface area contributed by atoms with E-state index in [4.69, 9.17) is 10.5 Å². The molecule has 106 valence electrons. The molecule has 4 heteroatoms. The van der Waals surface area contributed by atoms with E-state index < -0.39 is 0 Å². The van der Waals surface area contributed by atoms with Crippen molar-refractivity contribution in [1.82, 2.24) is 0 Å². The number of rotatable bonds is 6. The molecule has 1 atom stereocenters. The molecular formula is C15H23BrN2O. The summed E-state index contributed by atoms with van der Waals surface area (Å²) in [6, 6.07) is 6.47. The highest BCUT2D eigenvalue weighted by Crippen LogP contribution is 2.26. The van der Waals surface area contributed by atoms with Crippen molar-refractivity contribution in [3.05, 3.63) is 28.2 Å². The van der Waals surface area contributed by atoms with Crippen molar-refractivity contribution in [1.29, 1.82) is 0 Å². The minimum absolute atomic E-state index is 0.384. The Morgan fingerprint density at radius 1 is 1.47 bits per heavy atom. The Hall–Kier alpha value is -0.580. The van der Waals surface area contributed by atoms with Crippen LogP contribution in [-0.4, -0.2) is 32.3 Å². The molecule has 0 amide bonds. The van der Waals surface area contributed by atoms with Gasteiger partial charge >= 0.3 is 0 Å². The number of ether oxygens (including phenoxy) is 1. The zero-order valence-corrected chi connectivity index (χ0v) is 13.2. The molecule has 2 rings (SSSR count). The maximum atomic E-state index is 5.75. The van der Waals surface area contributed by atoms with Crippen LogP contribution in [0.25, 0.3) is 0 Å². The second-order valence-corrected chi connectivity index (χ2v) is 5.90. The summed E-state index contributed by atoms with van der Waals surface area (Å²) in [5, 5.41) is 0. The summed E-state index contributed by atoms with van der Waals surface area (Å²) in [4.78, 5) is 2.41. The number of nitrogens with two attached hydrogens (primary N) is 1. The number of anilines is 1. The third-order valence-corrected chi connectivity index (χ3v) is 4.12. The SMILES string of the molecule is CCN(CC1CCCO1)c1ccc(Br)cc1CCN. The predicted molar refractivity (Wildman–Crippen MR) is 83.8 cm³/mol. The van der Waals surface area contributed by atoms with E-state index in [1.165, 1.54) is 24.1 Å². The maximum Gasteiger partial charge on any atom is 0.0750 e. The Bertz CT molecular complexity index is 405. The molecule has 1 saturated heterocycles. The fourth-order valence-corrected chi connectivity index (χ4v) is 3.06. The van der Waals surface area contributed by atoms with E-state index in [9.17, 15) is 0 Å². The summed E-state index contributed by atoms with van der Waals surface area (Å²) in [6.07, 6.45) is 3.67. The van der Waals surface area contributed by atoms with Gasteiger partial charge in [0.1, 0.15) is 0 Å². The Balaban J connectivity index is 2.16. The lowest BCUT2D eigenvalue weighted by atomic mass is 10.1. The summed E-state index contributed by atoms with van der Waals surface area (Å²) in [7, 11) is 0. The molecule has 19 heavy (non-hydrogen) atoms. The van der Waals surface area contributed by atoms with E-state index in [1.807, 2.05) is 0 Å². The minimum atomic E-state index is 0.384. The zero-order valence-electron chi connectivity index (χ0n) is 11.6. The van der Waals surface area contributed by atoms with E-state index in [0.29, 0.717) is 12.6 Å². The topological polar surface area (TPSA) is 38.5 Å². The standard InChI is InChI=1S/C15H23BrN2O/c1-2-18(11-14-4-3-9-19-14)15-6-5-13(16)10-12(15)7-8-17/h5-6,10,14H,2-4,7-9,11,17H2,1H3. The molecular weight excluding hydrogens is 304 g/mol. The molecule has 1 heterocycles. The lowest BCUT2D eigenvalue weighted by Gasteiger charge is -2.28. The molecule has 1 fully saturated rings. The monoisotopic (exact) mass is 326 g/mol. The van der Waals surface area contributed by atoms with Gasteiger partial charge in [0.2, 0.25) is 0 Å². The summed E-state index contributed by atoms with van der Waals surface area (Å²) in [5.41, 5.74) is 8.34. The Kier molecular flexibility index (Phi) is 5.67. The molecule has 1 aliphatic rings. The molecule has 3 nitrogen and oxygen atoms in total.